The Morgan fingerprint density at radius 3 is 2.58 bits per heavy atom. The number of nitrogens with zero attached hydrogens (tertiary/aromatic N) is 2. The molecule has 8 heteroatoms. The first-order valence-electron chi connectivity index (χ1n) is 7.68. The summed E-state index contributed by atoms with van der Waals surface area (Å²) in [5.74, 6) is -1.82. The van der Waals surface area contributed by atoms with Crippen molar-refractivity contribution in [2.45, 2.75) is 13.0 Å². The number of carbonyl (C=O) groups is 2. The van der Waals surface area contributed by atoms with Crippen LogP contribution in [0.25, 0.3) is 6.08 Å². The van der Waals surface area contributed by atoms with Gasteiger partial charge in [-0.1, -0.05) is 30.3 Å². The number of carbonyl (C=O) groups excluding carboxylic acids is 1. The summed E-state index contributed by atoms with van der Waals surface area (Å²) < 4.78 is 5.60. The van der Waals surface area contributed by atoms with Gasteiger partial charge in [-0.05, 0) is 24.6 Å². The summed E-state index contributed by atoms with van der Waals surface area (Å²) in [4.78, 5) is 35.7. The molecule has 1 aliphatic rings. The van der Waals surface area contributed by atoms with Gasteiger partial charge in [-0.2, -0.15) is 0 Å². The van der Waals surface area contributed by atoms with Crippen molar-refractivity contribution in [1.29, 1.82) is 0 Å². The van der Waals surface area contributed by atoms with Crippen LogP contribution in [0, 0.1) is 10.1 Å². The minimum absolute atomic E-state index is 0.0457. The van der Waals surface area contributed by atoms with E-state index >= 15 is 0 Å². The van der Waals surface area contributed by atoms with Crippen molar-refractivity contribution in [2.24, 2.45) is 0 Å². The quantitative estimate of drug-likeness (QED) is 0.513. The van der Waals surface area contributed by atoms with E-state index in [1.54, 1.807) is 24.3 Å². The van der Waals surface area contributed by atoms with Crippen LogP contribution in [0.4, 0.5) is 11.4 Å². The van der Waals surface area contributed by atoms with Crippen LogP contribution >= 0.6 is 0 Å². The van der Waals surface area contributed by atoms with Gasteiger partial charge >= 0.3 is 5.97 Å². The molecule has 0 radical (unpaired) electrons. The molecule has 1 atom stereocenters. The lowest BCUT2D eigenvalue weighted by molar-refractivity contribution is -0.384. The first kappa shape index (κ1) is 17.2. The van der Waals surface area contributed by atoms with E-state index in [-0.39, 0.29) is 22.9 Å². The Hall–Kier alpha value is -3.68. The summed E-state index contributed by atoms with van der Waals surface area (Å²) >= 11 is 0. The number of nitro benzene ring substituents is 1. The van der Waals surface area contributed by atoms with E-state index in [0.29, 0.717) is 5.56 Å². The summed E-state index contributed by atoms with van der Waals surface area (Å²) in [6, 6.07) is 11.4. The second-order valence-corrected chi connectivity index (χ2v) is 5.62. The monoisotopic (exact) mass is 354 g/mol. The smallest absolute Gasteiger partial charge is 0.326 e. The fourth-order valence-corrected chi connectivity index (χ4v) is 2.57. The molecule has 1 unspecified atom stereocenters. The van der Waals surface area contributed by atoms with Gasteiger partial charge in [0.05, 0.1) is 10.6 Å². The maximum atomic E-state index is 12.8. The normalized spacial score (nSPS) is 16.0. The van der Waals surface area contributed by atoms with Crippen LogP contribution in [-0.2, 0) is 9.59 Å². The number of hydrogen-bond donors (Lipinski definition) is 1. The molecule has 1 amide bonds. The summed E-state index contributed by atoms with van der Waals surface area (Å²) in [6.07, 6.45) is 1.49. The minimum atomic E-state index is -1.24. The molecule has 26 heavy (non-hydrogen) atoms. The molecule has 8 nitrogen and oxygen atoms in total. The maximum absolute atomic E-state index is 12.8. The van der Waals surface area contributed by atoms with Crippen LogP contribution < -0.4 is 9.64 Å². The molecule has 2 aromatic rings. The Balaban J connectivity index is 2.13. The average Bonchev–Trinajstić information content (AvgIpc) is 2.62. The van der Waals surface area contributed by atoms with Gasteiger partial charge in [0, 0.05) is 12.1 Å². The van der Waals surface area contributed by atoms with Gasteiger partial charge in [-0.25, -0.2) is 4.79 Å². The number of carboxylic acids is 1. The van der Waals surface area contributed by atoms with E-state index in [0.717, 1.165) is 11.0 Å². The number of non-ortho nitro benzene ring substituents is 1. The van der Waals surface area contributed by atoms with Gasteiger partial charge < -0.3 is 9.84 Å². The number of aliphatic carboxylic acids is 1. The highest BCUT2D eigenvalue weighted by molar-refractivity contribution is 6.12. The predicted molar refractivity (Wildman–Crippen MR) is 92.7 cm³/mol. The first-order chi connectivity index (χ1) is 12.4. The highest BCUT2D eigenvalue weighted by atomic mass is 16.6. The van der Waals surface area contributed by atoms with E-state index in [9.17, 15) is 24.8 Å². The fraction of sp³-hybridized carbons (Fsp3) is 0.111. The molecule has 1 heterocycles. The summed E-state index contributed by atoms with van der Waals surface area (Å²) in [7, 11) is 0. The Morgan fingerprint density at radius 2 is 1.96 bits per heavy atom. The third-order valence-corrected chi connectivity index (χ3v) is 3.90. The van der Waals surface area contributed by atoms with Crippen molar-refractivity contribution in [3.63, 3.8) is 0 Å². The van der Waals surface area contributed by atoms with Gasteiger partial charge in [0.25, 0.3) is 11.6 Å². The lowest BCUT2D eigenvalue weighted by atomic mass is 10.1. The molecule has 132 valence electrons. The number of anilines is 1. The zero-order chi connectivity index (χ0) is 18.8. The average molecular weight is 354 g/mol. The van der Waals surface area contributed by atoms with Crippen LogP contribution in [-0.4, -0.2) is 27.9 Å². The number of rotatable bonds is 4. The standard InChI is InChI=1S/C18H14N2O6/c1-11(18(22)23)19-14-10-13(20(24)25)7-8-15(14)26-16(17(19)21)9-12-5-3-2-4-6-12/h2-11H,1H3,(H,22,23)/b16-9+. The lowest BCUT2D eigenvalue weighted by Crippen LogP contribution is -2.47. The Labute approximate surface area is 148 Å². The highest BCUT2D eigenvalue weighted by Crippen LogP contribution is 2.39. The summed E-state index contributed by atoms with van der Waals surface area (Å²) in [5, 5.41) is 20.4. The number of amides is 1. The van der Waals surface area contributed by atoms with E-state index in [1.165, 1.54) is 25.1 Å². The van der Waals surface area contributed by atoms with Crippen LogP contribution in [0.2, 0.25) is 0 Å². The Kier molecular flexibility index (Phi) is 4.40. The lowest BCUT2D eigenvalue weighted by Gasteiger charge is -2.32. The second-order valence-electron chi connectivity index (χ2n) is 5.62. The van der Waals surface area contributed by atoms with Crippen molar-refractivity contribution in [3.8, 4) is 5.75 Å². The van der Waals surface area contributed by atoms with Gasteiger partial charge in [-0.3, -0.25) is 19.8 Å². The molecule has 0 fully saturated rings. The largest absolute Gasteiger partial charge is 0.480 e. The molecule has 3 rings (SSSR count). The van der Waals surface area contributed by atoms with Crippen molar-refractivity contribution in [3.05, 3.63) is 70.0 Å². The molecule has 2 aromatic carbocycles. The Morgan fingerprint density at radius 1 is 1.27 bits per heavy atom. The van der Waals surface area contributed by atoms with Gasteiger partial charge in [0.1, 0.15) is 6.04 Å². The van der Waals surface area contributed by atoms with Crippen molar-refractivity contribution < 1.29 is 24.4 Å². The molecular formula is C18H14N2O6. The molecule has 1 aliphatic heterocycles. The Bertz CT molecular complexity index is 923. The summed E-state index contributed by atoms with van der Waals surface area (Å²) in [5.41, 5.74) is 0.478. The maximum Gasteiger partial charge on any atom is 0.326 e. The molecular weight excluding hydrogens is 340 g/mol. The van der Waals surface area contributed by atoms with Crippen LogP contribution in [0.15, 0.2) is 54.3 Å². The zero-order valence-electron chi connectivity index (χ0n) is 13.7. The number of carboxylic acid groups (broad SMARTS) is 1. The van der Waals surface area contributed by atoms with Crippen LogP contribution in [0.5, 0.6) is 5.75 Å². The zero-order valence-corrected chi connectivity index (χ0v) is 13.7. The van der Waals surface area contributed by atoms with E-state index < -0.39 is 22.8 Å². The molecule has 1 N–H and O–H groups in total. The molecule has 0 aliphatic carbocycles. The SMILES string of the molecule is CC(C(=O)O)N1C(=O)/C(=C\c2ccccc2)Oc2ccc([N+](=O)[O-])cc21. The number of benzene rings is 2. The second kappa shape index (κ2) is 6.67. The van der Waals surface area contributed by atoms with Gasteiger partial charge in [0.2, 0.25) is 0 Å². The highest BCUT2D eigenvalue weighted by Gasteiger charge is 2.37. The molecule has 0 aromatic heterocycles. The van der Waals surface area contributed by atoms with Crippen molar-refractivity contribution >= 4 is 29.3 Å². The fourth-order valence-electron chi connectivity index (χ4n) is 2.57. The molecule has 0 bridgehead atoms. The topological polar surface area (TPSA) is 110 Å². The molecule has 0 saturated heterocycles. The number of hydrogen-bond acceptors (Lipinski definition) is 5. The van der Waals surface area contributed by atoms with Crippen molar-refractivity contribution in [2.75, 3.05) is 4.90 Å². The predicted octanol–water partition coefficient (Wildman–Crippen LogP) is 2.83. The first-order valence-corrected chi connectivity index (χ1v) is 7.68. The van der Waals surface area contributed by atoms with Gasteiger partial charge in [0.15, 0.2) is 11.5 Å². The number of ether oxygens (including phenoxy) is 1. The van der Waals surface area contributed by atoms with E-state index in [4.69, 9.17) is 4.74 Å². The minimum Gasteiger partial charge on any atom is -0.480 e. The molecule has 0 saturated carbocycles. The van der Waals surface area contributed by atoms with Gasteiger partial charge in [-0.15, -0.1) is 0 Å². The van der Waals surface area contributed by atoms with Crippen LogP contribution in [0.3, 0.4) is 0 Å². The number of fused-ring (bicyclic) bond motifs is 1. The third kappa shape index (κ3) is 3.12. The van der Waals surface area contributed by atoms with Crippen LogP contribution in [0.1, 0.15) is 12.5 Å². The molecule has 0 spiro atoms. The third-order valence-electron chi connectivity index (χ3n) is 3.90. The van der Waals surface area contributed by atoms with E-state index in [2.05, 4.69) is 0 Å². The van der Waals surface area contributed by atoms with Crippen molar-refractivity contribution in [1.82, 2.24) is 0 Å². The van der Waals surface area contributed by atoms with E-state index in [1.807, 2.05) is 6.07 Å². The number of nitro groups is 1. The summed E-state index contributed by atoms with van der Waals surface area (Å²) in [6.45, 7) is 1.33.